The largest absolute Gasteiger partial charge is 0.416 e. The Bertz CT molecular complexity index is 798. The topological polar surface area (TPSA) is 27.0 Å². The molecule has 0 aliphatic carbocycles. The third-order valence-electron chi connectivity index (χ3n) is 5.65. The highest BCUT2D eigenvalue weighted by atomic mass is 35.5. The lowest BCUT2D eigenvalue weighted by Crippen LogP contribution is -2.32. The van der Waals surface area contributed by atoms with Crippen LogP contribution >= 0.6 is 12.4 Å². The molecule has 0 saturated heterocycles. The van der Waals surface area contributed by atoms with E-state index in [0.717, 1.165) is 38.1 Å². The number of halogens is 4. The van der Waals surface area contributed by atoms with Crippen molar-refractivity contribution >= 4 is 12.4 Å². The van der Waals surface area contributed by atoms with Crippen molar-refractivity contribution in [2.75, 3.05) is 20.1 Å². The molecular formula is C24H30ClF3N2. The first-order chi connectivity index (χ1) is 13.7. The number of nitriles is 1. The molecule has 0 fully saturated rings. The van der Waals surface area contributed by atoms with Crippen LogP contribution in [0.2, 0.25) is 0 Å². The lowest BCUT2D eigenvalue weighted by molar-refractivity contribution is -0.137. The van der Waals surface area contributed by atoms with Gasteiger partial charge in [0.2, 0.25) is 0 Å². The van der Waals surface area contributed by atoms with Gasteiger partial charge in [-0.3, -0.25) is 0 Å². The molecule has 1 unspecified atom stereocenters. The Morgan fingerprint density at radius 3 is 2.00 bits per heavy atom. The Hall–Kier alpha value is -2.03. The molecule has 2 aromatic carbocycles. The quantitative estimate of drug-likeness (QED) is 0.446. The summed E-state index contributed by atoms with van der Waals surface area (Å²) < 4.78 is 38.6. The predicted molar refractivity (Wildman–Crippen MR) is 118 cm³/mol. The van der Waals surface area contributed by atoms with E-state index in [4.69, 9.17) is 0 Å². The van der Waals surface area contributed by atoms with Gasteiger partial charge >= 0.3 is 6.18 Å². The molecule has 0 N–H and O–H groups in total. The zero-order chi connectivity index (χ0) is 21.5. The second-order valence-corrected chi connectivity index (χ2v) is 7.96. The van der Waals surface area contributed by atoms with E-state index in [9.17, 15) is 18.4 Å². The van der Waals surface area contributed by atoms with Crippen LogP contribution in [0.15, 0.2) is 54.6 Å². The highest BCUT2D eigenvalue weighted by Crippen LogP contribution is 2.38. The number of likely N-dealkylation sites (N-methyl/N-ethyl adjacent to an activating group) is 1. The van der Waals surface area contributed by atoms with Gasteiger partial charge in [-0.15, -0.1) is 12.4 Å². The number of rotatable bonds is 9. The van der Waals surface area contributed by atoms with Crippen LogP contribution in [0, 0.1) is 17.2 Å². The van der Waals surface area contributed by atoms with Crippen molar-refractivity contribution < 1.29 is 13.2 Å². The van der Waals surface area contributed by atoms with E-state index >= 15 is 0 Å². The Morgan fingerprint density at radius 1 is 0.933 bits per heavy atom. The van der Waals surface area contributed by atoms with Crippen LogP contribution in [-0.4, -0.2) is 25.0 Å². The fraction of sp³-hybridized carbons (Fsp3) is 0.458. The molecule has 0 radical (unpaired) electrons. The van der Waals surface area contributed by atoms with Crippen molar-refractivity contribution in [2.24, 2.45) is 5.92 Å². The SMILES string of the molecule is CC(C)C(C#N)(CCCN(C)CCc1ccccc1)c1ccc(C(F)(F)F)cc1.Cl. The molecular weight excluding hydrogens is 409 g/mol. The molecule has 30 heavy (non-hydrogen) atoms. The average molecular weight is 439 g/mol. The Kier molecular flexibility index (Phi) is 9.87. The molecule has 2 aromatic rings. The van der Waals surface area contributed by atoms with Crippen LogP contribution in [0.3, 0.4) is 0 Å². The van der Waals surface area contributed by atoms with Gasteiger partial charge in [-0.25, -0.2) is 0 Å². The lowest BCUT2D eigenvalue weighted by atomic mass is 9.69. The Labute approximate surface area is 184 Å². The molecule has 0 aliphatic rings. The van der Waals surface area contributed by atoms with Crippen LogP contribution in [0.4, 0.5) is 13.2 Å². The summed E-state index contributed by atoms with van der Waals surface area (Å²) in [6, 6.07) is 17.8. The van der Waals surface area contributed by atoms with E-state index in [-0.39, 0.29) is 18.3 Å². The van der Waals surface area contributed by atoms with Crippen molar-refractivity contribution in [3.05, 3.63) is 71.3 Å². The maximum atomic E-state index is 12.9. The Balaban J connectivity index is 0.00000450. The van der Waals surface area contributed by atoms with Gasteiger partial charge in [0.25, 0.3) is 0 Å². The van der Waals surface area contributed by atoms with Gasteiger partial charge in [-0.05, 0) is 62.0 Å². The van der Waals surface area contributed by atoms with E-state index in [1.807, 2.05) is 32.0 Å². The number of hydrogen-bond donors (Lipinski definition) is 0. The van der Waals surface area contributed by atoms with Gasteiger partial charge in [-0.1, -0.05) is 56.3 Å². The molecule has 0 saturated carbocycles. The number of alkyl halides is 3. The van der Waals surface area contributed by atoms with E-state index in [2.05, 4.69) is 30.1 Å². The first-order valence-corrected chi connectivity index (χ1v) is 10.0. The minimum Gasteiger partial charge on any atom is -0.306 e. The van der Waals surface area contributed by atoms with Gasteiger partial charge in [-0.2, -0.15) is 18.4 Å². The van der Waals surface area contributed by atoms with Crippen molar-refractivity contribution in [3.8, 4) is 6.07 Å². The highest BCUT2D eigenvalue weighted by molar-refractivity contribution is 5.85. The van der Waals surface area contributed by atoms with Gasteiger partial charge in [0, 0.05) is 6.54 Å². The van der Waals surface area contributed by atoms with Crippen LogP contribution in [0.25, 0.3) is 0 Å². The summed E-state index contributed by atoms with van der Waals surface area (Å²) in [4.78, 5) is 2.24. The summed E-state index contributed by atoms with van der Waals surface area (Å²) in [6.07, 6.45) is -1.99. The molecule has 6 heteroatoms. The maximum absolute atomic E-state index is 12.9. The van der Waals surface area contributed by atoms with Crippen LogP contribution in [-0.2, 0) is 18.0 Å². The molecule has 0 amide bonds. The van der Waals surface area contributed by atoms with Crippen LogP contribution in [0.1, 0.15) is 43.4 Å². The second kappa shape index (κ2) is 11.4. The zero-order valence-corrected chi connectivity index (χ0v) is 18.6. The molecule has 1 atom stereocenters. The third-order valence-corrected chi connectivity index (χ3v) is 5.65. The average Bonchev–Trinajstić information content (AvgIpc) is 2.70. The number of benzene rings is 2. The van der Waals surface area contributed by atoms with E-state index < -0.39 is 17.2 Å². The molecule has 0 aliphatic heterocycles. The van der Waals surface area contributed by atoms with Gasteiger partial charge in [0.15, 0.2) is 0 Å². The summed E-state index contributed by atoms with van der Waals surface area (Å²) >= 11 is 0. The smallest absolute Gasteiger partial charge is 0.306 e. The van der Waals surface area contributed by atoms with Crippen LogP contribution in [0.5, 0.6) is 0 Å². The van der Waals surface area contributed by atoms with Gasteiger partial charge in [0.05, 0.1) is 17.0 Å². The molecule has 2 nitrogen and oxygen atoms in total. The van der Waals surface area contributed by atoms with Crippen molar-refractivity contribution in [2.45, 2.75) is 44.7 Å². The zero-order valence-electron chi connectivity index (χ0n) is 17.7. The third kappa shape index (κ3) is 6.75. The standard InChI is InChI=1S/C24H29F3N2.ClH/c1-19(2)23(18-28,21-10-12-22(13-11-21)24(25,26)27)15-7-16-29(3)17-14-20-8-5-4-6-9-20;/h4-6,8-13,19H,7,14-17H2,1-3H3;1H. The fourth-order valence-electron chi connectivity index (χ4n) is 3.68. The maximum Gasteiger partial charge on any atom is 0.416 e. The normalized spacial score (nSPS) is 13.6. The van der Waals surface area contributed by atoms with Crippen molar-refractivity contribution in [1.29, 1.82) is 5.26 Å². The first-order valence-electron chi connectivity index (χ1n) is 10.0. The minimum absolute atomic E-state index is 0. The fourth-order valence-corrected chi connectivity index (χ4v) is 3.68. The number of nitrogens with zero attached hydrogens (tertiary/aromatic N) is 2. The van der Waals surface area contributed by atoms with E-state index in [1.54, 1.807) is 0 Å². The second-order valence-electron chi connectivity index (χ2n) is 7.96. The highest BCUT2D eigenvalue weighted by Gasteiger charge is 2.37. The summed E-state index contributed by atoms with van der Waals surface area (Å²) in [5.41, 5.74) is 0.481. The number of hydrogen-bond acceptors (Lipinski definition) is 2. The van der Waals surface area contributed by atoms with Gasteiger partial charge < -0.3 is 4.90 Å². The first kappa shape index (κ1) is 26.0. The predicted octanol–water partition coefficient (Wildman–Crippen LogP) is 6.50. The lowest BCUT2D eigenvalue weighted by Gasteiger charge is -2.32. The van der Waals surface area contributed by atoms with Crippen molar-refractivity contribution in [1.82, 2.24) is 4.90 Å². The van der Waals surface area contributed by atoms with E-state index in [0.29, 0.717) is 12.0 Å². The summed E-state index contributed by atoms with van der Waals surface area (Å²) in [7, 11) is 2.06. The summed E-state index contributed by atoms with van der Waals surface area (Å²) in [6.45, 7) is 5.68. The minimum atomic E-state index is -4.37. The molecule has 0 bridgehead atoms. The Morgan fingerprint density at radius 2 is 1.50 bits per heavy atom. The van der Waals surface area contributed by atoms with Crippen LogP contribution < -0.4 is 0 Å². The van der Waals surface area contributed by atoms with Crippen molar-refractivity contribution in [3.63, 3.8) is 0 Å². The molecule has 0 aromatic heterocycles. The van der Waals surface area contributed by atoms with E-state index in [1.165, 1.54) is 17.7 Å². The summed E-state index contributed by atoms with van der Waals surface area (Å²) in [5, 5.41) is 9.96. The van der Waals surface area contributed by atoms with Gasteiger partial charge in [0.1, 0.15) is 0 Å². The molecule has 164 valence electrons. The molecule has 0 spiro atoms. The molecule has 2 rings (SSSR count). The summed E-state index contributed by atoms with van der Waals surface area (Å²) in [5.74, 6) is -0.00105. The molecule has 0 heterocycles. The monoisotopic (exact) mass is 438 g/mol.